The molecule has 0 radical (unpaired) electrons. The van der Waals surface area contributed by atoms with Crippen molar-refractivity contribution in [3.05, 3.63) is 48.4 Å². The highest BCUT2D eigenvalue weighted by Crippen LogP contribution is 2.19. The maximum Gasteiger partial charge on any atom is 0.0980 e. The average Bonchev–Trinajstić information content (AvgIpc) is 2.75. The van der Waals surface area contributed by atoms with Gasteiger partial charge in [-0.1, -0.05) is 43.7 Å². The topological polar surface area (TPSA) is 13.1 Å². The molecule has 1 aromatic carbocycles. The molecule has 1 heteroatoms. The molecule has 0 saturated carbocycles. The van der Waals surface area contributed by atoms with E-state index in [1.54, 1.807) is 12.5 Å². The highest BCUT2D eigenvalue weighted by molar-refractivity contribution is 5.61. The second-order valence-electron chi connectivity index (χ2n) is 2.88. The summed E-state index contributed by atoms with van der Waals surface area (Å²) in [5.74, 6) is 0. The molecule has 0 N–H and O–H groups in total. The van der Waals surface area contributed by atoms with Crippen molar-refractivity contribution in [3.63, 3.8) is 0 Å². The smallest absolute Gasteiger partial charge is 0.0980 e. The lowest BCUT2D eigenvalue weighted by Gasteiger charge is -1.96. The first-order valence-corrected chi connectivity index (χ1v) is 4.95. The van der Waals surface area contributed by atoms with Gasteiger partial charge in [-0.25, -0.2) is 0 Å². The van der Waals surface area contributed by atoms with E-state index in [2.05, 4.69) is 31.2 Å². The maximum absolute atomic E-state index is 5.00. The van der Waals surface area contributed by atoms with Crippen LogP contribution in [-0.2, 0) is 0 Å². The van der Waals surface area contributed by atoms with Crippen LogP contribution in [0.3, 0.4) is 0 Å². The summed E-state index contributed by atoms with van der Waals surface area (Å²) in [5.41, 5.74) is 3.62. The summed E-state index contributed by atoms with van der Waals surface area (Å²) in [6.45, 7) is 6.08. The second kappa shape index (κ2) is 5.28. The summed E-state index contributed by atoms with van der Waals surface area (Å²) in [5, 5.41) is 0. The lowest BCUT2D eigenvalue weighted by atomic mass is 10.1. The number of benzene rings is 1. The van der Waals surface area contributed by atoms with Crippen LogP contribution < -0.4 is 0 Å². The zero-order valence-corrected chi connectivity index (χ0v) is 8.95. The number of hydrogen-bond donors (Lipinski definition) is 0. The van der Waals surface area contributed by atoms with Crippen molar-refractivity contribution in [2.75, 3.05) is 0 Å². The van der Waals surface area contributed by atoms with Crippen LogP contribution in [0.2, 0.25) is 0 Å². The van der Waals surface area contributed by atoms with Gasteiger partial charge in [-0.05, 0) is 18.6 Å². The first kappa shape index (κ1) is 10.6. The van der Waals surface area contributed by atoms with Crippen molar-refractivity contribution < 1.29 is 4.42 Å². The van der Waals surface area contributed by atoms with Crippen molar-refractivity contribution in [1.82, 2.24) is 0 Å². The van der Waals surface area contributed by atoms with E-state index < -0.39 is 0 Å². The summed E-state index contributed by atoms with van der Waals surface area (Å²) in [6.07, 6.45) is 3.44. The SMILES string of the molecule is CC.Cc1ccc(-c2ccoc2)cc1. The molecule has 2 aromatic rings. The van der Waals surface area contributed by atoms with Crippen molar-refractivity contribution in [1.29, 1.82) is 0 Å². The van der Waals surface area contributed by atoms with Crippen LogP contribution in [0.1, 0.15) is 19.4 Å². The molecule has 1 nitrogen and oxygen atoms in total. The number of aryl methyl sites for hydroxylation is 1. The van der Waals surface area contributed by atoms with E-state index in [0.717, 1.165) is 5.56 Å². The van der Waals surface area contributed by atoms with Crippen molar-refractivity contribution >= 4 is 0 Å². The van der Waals surface area contributed by atoms with E-state index in [4.69, 9.17) is 4.42 Å². The molecule has 1 aromatic heterocycles. The summed E-state index contributed by atoms with van der Waals surface area (Å²) >= 11 is 0. The van der Waals surface area contributed by atoms with Gasteiger partial charge in [0.25, 0.3) is 0 Å². The van der Waals surface area contributed by atoms with Crippen LogP contribution in [0.15, 0.2) is 47.3 Å². The van der Waals surface area contributed by atoms with E-state index in [1.165, 1.54) is 11.1 Å². The van der Waals surface area contributed by atoms with Crippen LogP contribution in [0.4, 0.5) is 0 Å². The van der Waals surface area contributed by atoms with Crippen LogP contribution in [0.25, 0.3) is 11.1 Å². The monoisotopic (exact) mass is 188 g/mol. The molecule has 0 saturated heterocycles. The number of rotatable bonds is 1. The normalized spacial score (nSPS) is 9.07. The Labute approximate surface area is 85.4 Å². The minimum atomic E-state index is 1.13. The van der Waals surface area contributed by atoms with Gasteiger partial charge in [0.05, 0.1) is 12.5 Å². The molecule has 0 amide bonds. The van der Waals surface area contributed by atoms with Crippen LogP contribution in [0.5, 0.6) is 0 Å². The Balaban J connectivity index is 0.000000461. The van der Waals surface area contributed by atoms with E-state index in [0.29, 0.717) is 0 Å². The molecule has 74 valence electrons. The van der Waals surface area contributed by atoms with Gasteiger partial charge in [0, 0.05) is 5.56 Å². The highest BCUT2D eigenvalue weighted by Gasteiger charge is 1.96. The summed E-state index contributed by atoms with van der Waals surface area (Å²) in [4.78, 5) is 0. The molecular weight excluding hydrogens is 172 g/mol. The average molecular weight is 188 g/mol. The molecular formula is C13H16O. The fourth-order valence-corrected chi connectivity index (χ4v) is 1.17. The molecule has 0 atom stereocenters. The van der Waals surface area contributed by atoms with Gasteiger partial charge in [0.2, 0.25) is 0 Å². The number of furan rings is 1. The fourth-order valence-electron chi connectivity index (χ4n) is 1.17. The second-order valence-corrected chi connectivity index (χ2v) is 2.88. The zero-order valence-electron chi connectivity index (χ0n) is 8.95. The predicted octanol–water partition coefficient (Wildman–Crippen LogP) is 4.28. The van der Waals surface area contributed by atoms with E-state index in [1.807, 2.05) is 19.9 Å². The number of hydrogen-bond acceptors (Lipinski definition) is 1. The van der Waals surface area contributed by atoms with Gasteiger partial charge in [0.1, 0.15) is 0 Å². The Morgan fingerprint density at radius 1 is 0.857 bits per heavy atom. The molecule has 14 heavy (non-hydrogen) atoms. The summed E-state index contributed by atoms with van der Waals surface area (Å²) < 4.78 is 5.00. The summed E-state index contributed by atoms with van der Waals surface area (Å²) in [7, 11) is 0. The third kappa shape index (κ3) is 2.49. The van der Waals surface area contributed by atoms with Crippen molar-refractivity contribution in [2.45, 2.75) is 20.8 Å². The van der Waals surface area contributed by atoms with E-state index >= 15 is 0 Å². The Morgan fingerprint density at radius 2 is 1.50 bits per heavy atom. The van der Waals surface area contributed by atoms with Crippen LogP contribution in [-0.4, -0.2) is 0 Å². The molecule has 1 heterocycles. The minimum absolute atomic E-state index is 1.13. The largest absolute Gasteiger partial charge is 0.472 e. The molecule has 0 bridgehead atoms. The Kier molecular flexibility index (Phi) is 3.99. The van der Waals surface area contributed by atoms with Gasteiger partial charge in [-0.2, -0.15) is 0 Å². The highest BCUT2D eigenvalue weighted by atomic mass is 16.3. The molecule has 2 rings (SSSR count). The van der Waals surface area contributed by atoms with Crippen LogP contribution in [0, 0.1) is 6.92 Å². The lowest BCUT2D eigenvalue weighted by molar-refractivity contribution is 0.568. The van der Waals surface area contributed by atoms with Crippen molar-refractivity contribution in [2.24, 2.45) is 0 Å². The zero-order chi connectivity index (χ0) is 10.4. The first-order valence-electron chi connectivity index (χ1n) is 4.95. The van der Waals surface area contributed by atoms with Gasteiger partial charge in [-0.15, -0.1) is 0 Å². The van der Waals surface area contributed by atoms with E-state index in [9.17, 15) is 0 Å². The molecule has 0 aliphatic heterocycles. The van der Waals surface area contributed by atoms with Crippen LogP contribution >= 0.6 is 0 Å². The van der Waals surface area contributed by atoms with Gasteiger partial charge >= 0.3 is 0 Å². The van der Waals surface area contributed by atoms with Gasteiger partial charge in [-0.3, -0.25) is 0 Å². The lowest BCUT2D eigenvalue weighted by Crippen LogP contribution is -1.73. The summed E-state index contributed by atoms with van der Waals surface area (Å²) in [6, 6.07) is 10.4. The molecule has 0 fully saturated rings. The fraction of sp³-hybridized carbons (Fsp3) is 0.231. The predicted molar refractivity (Wildman–Crippen MR) is 60.2 cm³/mol. The van der Waals surface area contributed by atoms with Gasteiger partial charge < -0.3 is 4.42 Å². The maximum atomic E-state index is 5.00. The third-order valence-corrected chi connectivity index (χ3v) is 1.91. The molecule has 0 aliphatic carbocycles. The third-order valence-electron chi connectivity index (χ3n) is 1.91. The van der Waals surface area contributed by atoms with Gasteiger partial charge in [0.15, 0.2) is 0 Å². The van der Waals surface area contributed by atoms with E-state index in [-0.39, 0.29) is 0 Å². The molecule has 0 spiro atoms. The van der Waals surface area contributed by atoms with Crippen molar-refractivity contribution in [3.8, 4) is 11.1 Å². The molecule has 0 aliphatic rings. The standard InChI is InChI=1S/C11H10O.C2H6/c1-9-2-4-10(5-3-9)11-6-7-12-8-11;1-2/h2-8H,1H3;1-2H3. The Hall–Kier alpha value is -1.50. The first-order chi connectivity index (χ1) is 6.86. The Morgan fingerprint density at radius 3 is 2.00 bits per heavy atom. The minimum Gasteiger partial charge on any atom is -0.472 e. The molecule has 0 unspecified atom stereocenters. The Bertz CT molecular complexity index is 343. The quantitative estimate of drug-likeness (QED) is 0.651.